The number of nitrogens with zero attached hydrogens (tertiary/aromatic N) is 1. The van der Waals surface area contributed by atoms with Crippen LogP contribution in [0.4, 0.5) is 5.69 Å². The summed E-state index contributed by atoms with van der Waals surface area (Å²) in [6.45, 7) is 3.22. The highest BCUT2D eigenvalue weighted by molar-refractivity contribution is 5.48. The maximum atomic E-state index is 11.5. The first-order valence-corrected chi connectivity index (χ1v) is 6.91. The summed E-state index contributed by atoms with van der Waals surface area (Å²) in [5.41, 5.74) is 1.87. The number of anilines is 1. The Morgan fingerprint density at radius 1 is 1.16 bits per heavy atom. The first kappa shape index (κ1) is 13.5. The number of unbranched alkanes of at least 4 members (excludes halogenated alkanes) is 3. The Bertz CT molecular complexity index is 539. The summed E-state index contributed by atoms with van der Waals surface area (Å²) in [4.78, 5) is 14.1. The van der Waals surface area contributed by atoms with Crippen molar-refractivity contribution in [3.63, 3.8) is 0 Å². The first-order chi connectivity index (χ1) is 9.31. The zero-order valence-electron chi connectivity index (χ0n) is 11.4. The Hall–Kier alpha value is -1.97. The molecule has 0 saturated heterocycles. The van der Waals surface area contributed by atoms with E-state index in [9.17, 15) is 4.79 Å². The summed E-state index contributed by atoms with van der Waals surface area (Å²) >= 11 is 0. The van der Waals surface area contributed by atoms with Gasteiger partial charge in [-0.1, -0.05) is 26.2 Å². The van der Waals surface area contributed by atoms with Gasteiger partial charge in [0, 0.05) is 24.6 Å². The van der Waals surface area contributed by atoms with Gasteiger partial charge < -0.3 is 10.3 Å². The molecule has 0 saturated carbocycles. The minimum absolute atomic E-state index is 0.111. The third-order valence-corrected chi connectivity index (χ3v) is 3.15. The molecule has 19 heavy (non-hydrogen) atoms. The smallest absolute Gasteiger partial charge is 0.330 e. The van der Waals surface area contributed by atoms with Crippen LogP contribution in [-0.4, -0.2) is 16.1 Å². The van der Waals surface area contributed by atoms with Gasteiger partial charge in [0.25, 0.3) is 0 Å². The van der Waals surface area contributed by atoms with Gasteiger partial charge >= 0.3 is 5.69 Å². The lowest BCUT2D eigenvalue weighted by atomic mass is 10.2. The molecule has 102 valence electrons. The van der Waals surface area contributed by atoms with E-state index < -0.39 is 0 Å². The largest absolute Gasteiger partial charge is 0.385 e. The summed E-state index contributed by atoms with van der Waals surface area (Å²) in [6.07, 6.45) is 8.42. The van der Waals surface area contributed by atoms with E-state index in [1.807, 2.05) is 24.3 Å². The van der Waals surface area contributed by atoms with Crippen molar-refractivity contribution < 1.29 is 0 Å². The van der Waals surface area contributed by atoms with Gasteiger partial charge in [0.1, 0.15) is 0 Å². The molecule has 1 aromatic carbocycles. The minimum atomic E-state index is -0.111. The summed E-state index contributed by atoms with van der Waals surface area (Å²) in [5.74, 6) is 0. The lowest BCUT2D eigenvalue weighted by Crippen LogP contribution is -2.13. The lowest BCUT2D eigenvalue weighted by Gasteiger charge is -2.07. The molecule has 0 amide bonds. The molecule has 2 N–H and O–H groups in total. The van der Waals surface area contributed by atoms with Crippen LogP contribution in [0.1, 0.15) is 32.6 Å². The standard InChI is InChI=1S/C15H21N3O/c1-2-3-4-5-10-16-13-6-8-14(9-7-13)18-12-11-17-15(18)19/h6-9,11-12,16H,2-5,10H2,1H3,(H,17,19). The molecule has 4 heteroatoms. The molecule has 0 aliphatic rings. The Morgan fingerprint density at radius 3 is 2.58 bits per heavy atom. The van der Waals surface area contributed by atoms with E-state index >= 15 is 0 Å². The number of rotatable bonds is 7. The molecule has 2 rings (SSSR count). The van der Waals surface area contributed by atoms with Crippen LogP contribution < -0.4 is 11.0 Å². The van der Waals surface area contributed by atoms with Gasteiger partial charge in [-0.15, -0.1) is 0 Å². The van der Waals surface area contributed by atoms with Crippen molar-refractivity contribution in [3.8, 4) is 5.69 Å². The van der Waals surface area contributed by atoms with E-state index in [-0.39, 0.29) is 5.69 Å². The molecule has 0 bridgehead atoms. The number of aromatic amines is 1. The van der Waals surface area contributed by atoms with Crippen LogP contribution in [0.5, 0.6) is 0 Å². The summed E-state index contributed by atoms with van der Waals surface area (Å²) < 4.78 is 1.59. The number of hydrogen-bond acceptors (Lipinski definition) is 2. The number of nitrogens with one attached hydrogen (secondary N) is 2. The van der Waals surface area contributed by atoms with Crippen molar-refractivity contribution in [3.05, 3.63) is 47.1 Å². The summed E-state index contributed by atoms with van der Waals surface area (Å²) in [6, 6.07) is 7.91. The van der Waals surface area contributed by atoms with E-state index in [0.29, 0.717) is 0 Å². The van der Waals surface area contributed by atoms with Crippen molar-refractivity contribution in [2.45, 2.75) is 32.6 Å². The normalized spacial score (nSPS) is 10.6. The van der Waals surface area contributed by atoms with Crippen LogP contribution in [0.15, 0.2) is 41.5 Å². The maximum Gasteiger partial charge on any atom is 0.330 e. The quantitative estimate of drug-likeness (QED) is 0.750. The highest BCUT2D eigenvalue weighted by Gasteiger charge is 1.99. The van der Waals surface area contributed by atoms with Crippen LogP contribution in [0, 0.1) is 0 Å². The van der Waals surface area contributed by atoms with Crippen LogP contribution in [0.3, 0.4) is 0 Å². The Morgan fingerprint density at radius 2 is 1.95 bits per heavy atom. The van der Waals surface area contributed by atoms with Crippen LogP contribution in [0.2, 0.25) is 0 Å². The maximum absolute atomic E-state index is 11.5. The summed E-state index contributed by atoms with van der Waals surface area (Å²) in [7, 11) is 0. The second-order valence-electron chi connectivity index (χ2n) is 4.67. The highest BCUT2D eigenvalue weighted by atomic mass is 16.1. The van der Waals surface area contributed by atoms with Gasteiger partial charge in [-0.2, -0.15) is 0 Å². The zero-order valence-corrected chi connectivity index (χ0v) is 11.4. The minimum Gasteiger partial charge on any atom is -0.385 e. The highest BCUT2D eigenvalue weighted by Crippen LogP contribution is 2.12. The van der Waals surface area contributed by atoms with Crippen LogP contribution in [0.25, 0.3) is 5.69 Å². The monoisotopic (exact) mass is 259 g/mol. The Labute approximate surface area is 113 Å². The van der Waals surface area contributed by atoms with Crippen LogP contribution >= 0.6 is 0 Å². The number of aromatic nitrogens is 2. The molecule has 0 radical (unpaired) electrons. The molecule has 0 fully saturated rings. The Balaban J connectivity index is 1.88. The fourth-order valence-corrected chi connectivity index (χ4v) is 2.05. The van der Waals surface area contributed by atoms with Gasteiger partial charge in [0.2, 0.25) is 0 Å². The average Bonchev–Trinajstić information content (AvgIpc) is 2.86. The van der Waals surface area contributed by atoms with Gasteiger partial charge in [-0.25, -0.2) is 4.79 Å². The van der Waals surface area contributed by atoms with Crippen molar-refractivity contribution in [1.29, 1.82) is 0 Å². The predicted octanol–water partition coefficient (Wildman–Crippen LogP) is 3.16. The Kier molecular flexibility index (Phi) is 4.84. The zero-order chi connectivity index (χ0) is 13.5. The molecule has 0 aliphatic heterocycles. The van der Waals surface area contributed by atoms with E-state index in [2.05, 4.69) is 17.2 Å². The topological polar surface area (TPSA) is 49.8 Å². The first-order valence-electron chi connectivity index (χ1n) is 6.91. The molecule has 0 unspecified atom stereocenters. The van der Waals surface area contributed by atoms with E-state index in [1.165, 1.54) is 25.7 Å². The molecule has 0 spiro atoms. The molecular weight excluding hydrogens is 238 g/mol. The number of H-pyrrole nitrogens is 1. The predicted molar refractivity (Wildman–Crippen MR) is 79.0 cm³/mol. The van der Waals surface area contributed by atoms with E-state index in [1.54, 1.807) is 17.0 Å². The molecule has 4 nitrogen and oxygen atoms in total. The third kappa shape index (κ3) is 3.74. The molecule has 1 heterocycles. The fraction of sp³-hybridized carbons (Fsp3) is 0.400. The summed E-state index contributed by atoms with van der Waals surface area (Å²) in [5, 5.41) is 3.40. The number of imidazole rings is 1. The van der Waals surface area contributed by atoms with Gasteiger partial charge in [-0.3, -0.25) is 4.57 Å². The van der Waals surface area contributed by atoms with E-state index in [0.717, 1.165) is 17.9 Å². The third-order valence-electron chi connectivity index (χ3n) is 3.15. The molecule has 2 aromatic rings. The SMILES string of the molecule is CCCCCCNc1ccc(-n2cc[nH]c2=O)cc1. The number of hydrogen-bond donors (Lipinski definition) is 2. The van der Waals surface area contributed by atoms with Gasteiger partial charge in [0.05, 0.1) is 5.69 Å². The van der Waals surface area contributed by atoms with Crippen LogP contribution in [-0.2, 0) is 0 Å². The average molecular weight is 259 g/mol. The second kappa shape index (κ2) is 6.83. The lowest BCUT2D eigenvalue weighted by molar-refractivity contribution is 0.685. The fourth-order valence-electron chi connectivity index (χ4n) is 2.05. The molecular formula is C15H21N3O. The van der Waals surface area contributed by atoms with Crippen molar-refractivity contribution in [1.82, 2.24) is 9.55 Å². The van der Waals surface area contributed by atoms with Gasteiger partial charge in [-0.05, 0) is 30.7 Å². The van der Waals surface area contributed by atoms with Crippen molar-refractivity contribution in [2.75, 3.05) is 11.9 Å². The van der Waals surface area contributed by atoms with Crippen molar-refractivity contribution in [2.24, 2.45) is 0 Å². The molecule has 1 aromatic heterocycles. The van der Waals surface area contributed by atoms with E-state index in [4.69, 9.17) is 0 Å². The number of benzene rings is 1. The molecule has 0 atom stereocenters. The molecule has 0 aliphatic carbocycles. The van der Waals surface area contributed by atoms with Crippen molar-refractivity contribution >= 4 is 5.69 Å². The van der Waals surface area contributed by atoms with Gasteiger partial charge in [0.15, 0.2) is 0 Å². The second-order valence-corrected chi connectivity index (χ2v) is 4.67.